The Morgan fingerprint density at radius 1 is 1.10 bits per heavy atom. The number of benzene rings is 1. The molecule has 0 aromatic heterocycles. The summed E-state index contributed by atoms with van der Waals surface area (Å²) in [7, 11) is 5.07. The number of hydrogen-bond acceptors (Lipinski definition) is 6. The number of nitrogens with zero attached hydrogens (tertiary/aromatic N) is 2. The van der Waals surface area contributed by atoms with Gasteiger partial charge in [0.05, 0.1) is 33.5 Å². The summed E-state index contributed by atoms with van der Waals surface area (Å²) in [4.78, 5) is 6.69. The van der Waals surface area contributed by atoms with Crippen LogP contribution in [0.5, 0.6) is 17.2 Å². The van der Waals surface area contributed by atoms with Crippen molar-refractivity contribution in [1.29, 1.82) is 0 Å². The Morgan fingerprint density at radius 2 is 1.80 bits per heavy atom. The third kappa shape index (κ3) is 7.05. The van der Waals surface area contributed by atoms with E-state index in [1.165, 1.54) is 0 Å². The van der Waals surface area contributed by atoms with E-state index in [0.717, 1.165) is 57.2 Å². The number of methoxy groups -OCH3 is 2. The van der Waals surface area contributed by atoms with Gasteiger partial charge in [-0.3, -0.25) is 4.99 Å². The normalized spacial score (nSPS) is 21.7. The van der Waals surface area contributed by atoms with Crippen molar-refractivity contribution in [3.63, 3.8) is 0 Å². The maximum atomic E-state index is 5.93. The highest BCUT2D eigenvalue weighted by Crippen LogP contribution is 2.27. The van der Waals surface area contributed by atoms with E-state index in [1.807, 2.05) is 25.2 Å². The van der Waals surface area contributed by atoms with Crippen LogP contribution in [0.2, 0.25) is 0 Å². The lowest BCUT2D eigenvalue weighted by Crippen LogP contribution is -2.53. The molecule has 170 valence electrons. The summed E-state index contributed by atoms with van der Waals surface area (Å²) in [6, 6.07) is 5.53. The van der Waals surface area contributed by atoms with Crippen molar-refractivity contribution in [1.82, 2.24) is 10.2 Å². The van der Waals surface area contributed by atoms with Gasteiger partial charge in [0.2, 0.25) is 0 Å². The molecule has 0 saturated carbocycles. The van der Waals surface area contributed by atoms with E-state index in [2.05, 4.69) is 15.2 Å². The van der Waals surface area contributed by atoms with Gasteiger partial charge in [-0.25, -0.2) is 0 Å². The standard InChI is InChI=1S/C21H33N3O5.HI/c1-22-21(24-8-11-29-20(15-24)19-6-4-9-28-19)23-7-5-10-27-18-13-16(25-2)12-17(14-18)26-3;/h12-14,19-20H,4-11,15H2,1-3H3,(H,22,23);1H. The second kappa shape index (κ2) is 13.1. The zero-order valence-corrected chi connectivity index (χ0v) is 20.4. The number of aliphatic imine (C=N–C) groups is 1. The molecule has 1 N–H and O–H groups in total. The summed E-state index contributed by atoms with van der Waals surface area (Å²) in [5.74, 6) is 3.06. The van der Waals surface area contributed by atoms with Gasteiger partial charge in [-0.05, 0) is 19.3 Å². The lowest BCUT2D eigenvalue weighted by atomic mass is 10.1. The molecule has 2 aliphatic heterocycles. The van der Waals surface area contributed by atoms with E-state index in [-0.39, 0.29) is 36.2 Å². The fourth-order valence-electron chi connectivity index (χ4n) is 3.65. The molecule has 1 aromatic rings. The summed E-state index contributed by atoms with van der Waals surface area (Å²) in [5, 5.41) is 3.43. The van der Waals surface area contributed by atoms with E-state index < -0.39 is 0 Å². The van der Waals surface area contributed by atoms with Gasteiger partial charge in [-0.1, -0.05) is 0 Å². The summed E-state index contributed by atoms with van der Waals surface area (Å²) < 4.78 is 28.1. The minimum atomic E-state index is 0. The molecule has 2 unspecified atom stereocenters. The van der Waals surface area contributed by atoms with Crippen LogP contribution >= 0.6 is 24.0 Å². The van der Waals surface area contributed by atoms with Crippen molar-refractivity contribution in [3.8, 4) is 17.2 Å². The van der Waals surface area contributed by atoms with Crippen LogP contribution in [0.4, 0.5) is 0 Å². The Hall–Kier alpha value is -1.46. The van der Waals surface area contributed by atoms with E-state index in [0.29, 0.717) is 24.7 Å². The quantitative estimate of drug-likeness (QED) is 0.238. The highest BCUT2D eigenvalue weighted by Gasteiger charge is 2.32. The van der Waals surface area contributed by atoms with Crippen molar-refractivity contribution in [2.75, 3.05) is 60.7 Å². The maximum Gasteiger partial charge on any atom is 0.193 e. The molecule has 0 aliphatic carbocycles. The Kier molecular flexibility index (Phi) is 10.8. The van der Waals surface area contributed by atoms with Crippen LogP contribution in [0.15, 0.2) is 23.2 Å². The summed E-state index contributed by atoms with van der Waals surface area (Å²) in [5.41, 5.74) is 0. The first-order valence-corrected chi connectivity index (χ1v) is 10.3. The molecule has 1 aromatic carbocycles. The summed E-state index contributed by atoms with van der Waals surface area (Å²) >= 11 is 0. The molecule has 2 atom stereocenters. The van der Waals surface area contributed by atoms with E-state index in [1.54, 1.807) is 14.2 Å². The molecule has 3 rings (SSSR count). The Morgan fingerprint density at radius 3 is 2.43 bits per heavy atom. The van der Waals surface area contributed by atoms with Crippen LogP contribution < -0.4 is 19.5 Å². The molecular weight excluding hydrogens is 501 g/mol. The van der Waals surface area contributed by atoms with Gasteiger partial charge in [0, 0.05) is 51.5 Å². The minimum Gasteiger partial charge on any atom is -0.496 e. The third-order valence-electron chi connectivity index (χ3n) is 5.18. The Balaban J connectivity index is 0.00000320. The SMILES string of the molecule is CN=C(NCCCOc1cc(OC)cc(OC)c1)N1CCOC(C2CCCO2)C1.I. The number of morpholine rings is 1. The van der Waals surface area contributed by atoms with Crippen LogP contribution in [-0.2, 0) is 9.47 Å². The van der Waals surface area contributed by atoms with Crippen molar-refractivity contribution < 1.29 is 23.7 Å². The van der Waals surface area contributed by atoms with Crippen molar-refractivity contribution in [2.24, 2.45) is 4.99 Å². The second-order valence-electron chi connectivity index (χ2n) is 7.13. The van der Waals surface area contributed by atoms with Crippen molar-refractivity contribution in [3.05, 3.63) is 18.2 Å². The molecule has 0 amide bonds. The molecular formula is C21H34IN3O5. The Labute approximate surface area is 196 Å². The fraction of sp³-hybridized carbons (Fsp3) is 0.667. The molecule has 8 nitrogen and oxygen atoms in total. The van der Waals surface area contributed by atoms with Gasteiger partial charge in [0.15, 0.2) is 5.96 Å². The van der Waals surface area contributed by atoms with Gasteiger partial charge in [0.25, 0.3) is 0 Å². The predicted molar refractivity (Wildman–Crippen MR) is 127 cm³/mol. The minimum absolute atomic E-state index is 0. The van der Waals surface area contributed by atoms with Gasteiger partial charge >= 0.3 is 0 Å². The Bertz CT molecular complexity index is 648. The fourth-order valence-corrected chi connectivity index (χ4v) is 3.65. The molecule has 2 fully saturated rings. The number of guanidine groups is 1. The van der Waals surface area contributed by atoms with Gasteiger partial charge in [-0.15, -0.1) is 24.0 Å². The second-order valence-corrected chi connectivity index (χ2v) is 7.13. The smallest absolute Gasteiger partial charge is 0.193 e. The summed E-state index contributed by atoms with van der Waals surface area (Å²) in [6.07, 6.45) is 3.38. The zero-order chi connectivity index (χ0) is 20.5. The number of rotatable bonds is 8. The number of ether oxygens (including phenoxy) is 5. The van der Waals surface area contributed by atoms with Crippen LogP contribution in [0, 0.1) is 0 Å². The zero-order valence-electron chi connectivity index (χ0n) is 18.1. The number of nitrogens with one attached hydrogen (secondary N) is 1. The molecule has 0 radical (unpaired) electrons. The van der Waals surface area contributed by atoms with E-state index in [9.17, 15) is 0 Å². The average Bonchev–Trinajstić information content (AvgIpc) is 3.31. The molecule has 2 saturated heterocycles. The lowest BCUT2D eigenvalue weighted by Gasteiger charge is -2.37. The van der Waals surface area contributed by atoms with Crippen LogP contribution in [0.1, 0.15) is 19.3 Å². The molecule has 2 heterocycles. The predicted octanol–water partition coefficient (Wildman–Crippen LogP) is 2.55. The third-order valence-corrected chi connectivity index (χ3v) is 5.18. The molecule has 9 heteroatoms. The van der Waals surface area contributed by atoms with Gasteiger partial charge < -0.3 is 33.9 Å². The lowest BCUT2D eigenvalue weighted by molar-refractivity contribution is -0.0816. The van der Waals surface area contributed by atoms with Gasteiger partial charge in [-0.2, -0.15) is 0 Å². The van der Waals surface area contributed by atoms with E-state index >= 15 is 0 Å². The first kappa shape index (κ1) is 24.8. The largest absolute Gasteiger partial charge is 0.496 e. The monoisotopic (exact) mass is 535 g/mol. The maximum absolute atomic E-state index is 5.93. The first-order chi connectivity index (χ1) is 14.2. The van der Waals surface area contributed by atoms with Crippen LogP contribution in [0.25, 0.3) is 0 Å². The van der Waals surface area contributed by atoms with Crippen LogP contribution in [0.3, 0.4) is 0 Å². The topological polar surface area (TPSA) is 73.8 Å². The van der Waals surface area contributed by atoms with Crippen LogP contribution in [-0.4, -0.2) is 83.8 Å². The number of halogens is 1. The first-order valence-electron chi connectivity index (χ1n) is 10.3. The highest BCUT2D eigenvalue weighted by atomic mass is 127. The highest BCUT2D eigenvalue weighted by molar-refractivity contribution is 14.0. The summed E-state index contributed by atoms with van der Waals surface area (Å²) in [6.45, 7) is 4.55. The average molecular weight is 535 g/mol. The van der Waals surface area contributed by atoms with Crippen molar-refractivity contribution in [2.45, 2.75) is 31.5 Å². The molecule has 30 heavy (non-hydrogen) atoms. The molecule has 2 aliphatic rings. The van der Waals surface area contributed by atoms with E-state index in [4.69, 9.17) is 23.7 Å². The molecule has 0 bridgehead atoms. The molecule has 0 spiro atoms. The van der Waals surface area contributed by atoms with Crippen molar-refractivity contribution >= 4 is 29.9 Å². The van der Waals surface area contributed by atoms with Gasteiger partial charge in [0.1, 0.15) is 23.4 Å². The number of hydrogen-bond donors (Lipinski definition) is 1.